The quantitative estimate of drug-likeness (QED) is 0.854. The summed E-state index contributed by atoms with van der Waals surface area (Å²) in [5.74, 6) is 0.904. The second kappa shape index (κ2) is 6.95. The Labute approximate surface area is 115 Å². The Hall–Kier alpha value is -1.80. The molecule has 0 saturated carbocycles. The van der Waals surface area contributed by atoms with Gasteiger partial charge in [-0.25, -0.2) is 0 Å². The Kier molecular flexibility index (Phi) is 4.99. The molecular formula is C17H21NO. The summed E-state index contributed by atoms with van der Waals surface area (Å²) in [6.07, 6.45) is 1.05. The lowest BCUT2D eigenvalue weighted by Gasteiger charge is -2.14. The van der Waals surface area contributed by atoms with Crippen molar-refractivity contribution < 1.29 is 4.74 Å². The number of hydrogen-bond donors (Lipinski definition) is 1. The Morgan fingerprint density at radius 2 is 1.63 bits per heavy atom. The molecule has 0 aliphatic heterocycles. The molecule has 1 N–H and O–H groups in total. The first kappa shape index (κ1) is 13.6. The first-order chi connectivity index (χ1) is 9.28. The Morgan fingerprint density at radius 3 is 2.26 bits per heavy atom. The van der Waals surface area contributed by atoms with Crippen molar-refractivity contribution in [2.75, 3.05) is 7.11 Å². The first-order valence-corrected chi connectivity index (χ1v) is 6.68. The Bertz CT molecular complexity index is 478. The van der Waals surface area contributed by atoms with Crippen LogP contribution in [-0.2, 0) is 13.0 Å². The second-order valence-electron chi connectivity index (χ2n) is 4.82. The lowest BCUT2D eigenvalue weighted by molar-refractivity contribution is 0.414. The van der Waals surface area contributed by atoms with Crippen LogP contribution in [0, 0.1) is 0 Å². The number of nitrogens with one attached hydrogen (secondary N) is 1. The van der Waals surface area contributed by atoms with Crippen molar-refractivity contribution in [1.82, 2.24) is 5.32 Å². The van der Waals surface area contributed by atoms with Crippen LogP contribution >= 0.6 is 0 Å². The van der Waals surface area contributed by atoms with Gasteiger partial charge in [0.1, 0.15) is 5.75 Å². The highest BCUT2D eigenvalue weighted by atomic mass is 16.5. The highest BCUT2D eigenvalue weighted by molar-refractivity contribution is 5.27. The molecule has 100 valence electrons. The van der Waals surface area contributed by atoms with Gasteiger partial charge in [-0.05, 0) is 36.6 Å². The van der Waals surface area contributed by atoms with Crippen LogP contribution in [0.4, 0.5) is 0 Å². The molecule has 0 aromatic heterocycles. The molecule has 2 heteroatoms. The average Bonchev–Trinajstić information content (AvgIpc) is 2.47. The minimum absolute atomic E-state index is 0.463. The van der Waals surface area contributed by atoms with Crippen LogP contribution in [0.1, 0.15) is 18.1 Å². The van der Waals surface area contributed by atoms with Gasteiger partial charge < -0.3 is 10.1 Å². The third-order valence-electron chi connectivity index (χ3n) is 3.20. The van der Waals surface area contributed by atoms with E-state index in [2.05, 4.69) is 54.7 Å². The van der Waals surface area contributed by atoms with Crippen molar-refractivity contribution in [3.8, 4) is 5.75 Å². The van der Waals surface area contributed by atoms with E-state index in [1.807, 2.05) is 12.1 Å². The van der Waals surface area contributed by atoms with Crippen molar-refractivity contribution in [2.24, 2.45) is 0 Å². The van der Waals surface area contributed by atoms with E-state index in [-0.39, 0.29) is 0 Å². The number of ether oxygens (including phenoxy) is 1. The maximum absolute atomic E-state index is 5.15. The highest BCUT2D eigenvalue weighted by Crippen LogP contribution is 2.11. The van der Waals surface area contributed by atoms with Crippen molar-refractivity contribution in [3.63, 3.8) is 0 Å². The van der Waals surface area contributed by atoms with Crippen LogP contribution in [0.5, 0.6) is 5.75 Å². The molecule has 19 heavy (non-hydrogen) atoms. The largest absolute Gasteiger partial charge is 0.497 e. The molecule has 0 bridgehead atoms. The Balaban J connectivity index is 1.81. The van der Waals surface area contributed by atoms with E-state index in [1.54, 1.807) is 7.11 Å². The zero-order valence-corrected chi connectivity index (χ0v) is 11.6. The van der Waals surface area contributed by atoms with Gasteiger partial charge in [0.15, 0.2) is 0 Å². The molecule has 0 spiro atoms. The number of benzene rings is 2. The molecule has 0 saturated heterocycles. The molecule has 2 rings (SSSR count). The van der Waals surface area contributed by atoms with E-state index in [0.29, 0.717) is 6.04 Å². The van der Waals surface area contributed by atoms with E-state index in [1.165, 1.54) is 11.1 Å². The van der Waals surface area contributed by atoms with Crippen molar-refractivity contribution in [1.29, 1.82) is 0 Å². The van der Waals surface area contributed by atoms with Gasteiger partial charge in [-0.1, -0.05) is 42.5 Å². The van der Waals surface area contributed by atoms with Crippen LogP contribution in [0.15, 0.2) is 54.6 Å². The lowest BCUT2D eigenvalue weighted by Crippen LogP contribution is -2.27. The molecule has 2 aromatic carbocycles. The number of rotatable bonds is 6. The monoisotopic (exact) mass is 255 g/mol. The van der Waals surface area contributed by atoms with Gasteiger partial charge in [0.2, 0.25) is 0 Å². The summed E-state index contributed by atoms with van der Waals surface area (Å²) in [5, 5.41) is 3.54. The van der Waals surface area contributed by atoms with E-state index >= 15 is 0 Å². The van der Waals surface area contributed by atoms with Gasteiger partial charge in [-0.3, -0.25) is 0 Å². The summed E-state index contributed by atoms with van der Waals surface area (Å²) < 4.78 is 5.15. The first-order valence-electron chi connectivity index (χ1n) is 6.68. The van der Waals surface area contributed by atoms with Gasteiger partial charge >= 0.3 is 0 Å². The summed E-state index contributed by atoms with van der Waals surface area (Å²) in [7, 11) is 1.69. The summed E-state index contributed by atoms with van der Waals surface area (Å²) in [6, 6.07) is 19.2. The van der Waals surface area contributed by atoms with E-state index < -0.39 is 0 Å². The van der Waals surface area contributed by atoms with Crippen LogP contribution < -0.4 is 10.1 Å². The van der Waals surface area contributed by atoms with Gasteiger partial charge in [0.25, 0.3) is 0 Å². The minimum Gasteiger partial charge on any atom is -0.497 e. The van der Waals surface area contributed by atoms with Gasteiger partial charge in [0.05, 0.1) is 7.11 Å². The molecular weight excluding hydrogens is 234 g/mol. The molecule has 1 atom stereocenters. The summed E-state index contributed by atoms with van der Waals surface area (Å²) in [6.45, 7) is 3.11. The fraction of sp³-hybridized carbons (Fsp3) is 0.294. The maximum Gasteiger partial charge on any atom is 0.118 e. The molecule has 0 fully saturated rings. The minimum atomic E-state index is 0.463. The summed E-state index contributed by atoms with van der Waals surface area (Å²) >= 11 is 0. The summed E-state index contributed by atoms with van der Waals surface area (Å²) in [5.41, 5.74) is 2.65. The van der Waals surface area contributed by atoms with E-state index in [4.69, 9.17) is 4.74 Å². The van der Waals surface area contributed by atoms with E-state index in [9.17, 15) is 0 Å². The van der Waals surface area contributed by atoms with E-state index in [0.717, 1.165) is 18.7 Å². The smallest absolute Gasteiger partial charge is 0.118 e. The number of methoxy groups -OCH3 is 1. The molecule has 0 radical (unpaired) electrons. The van der Waals surface area contributed by atoms with Crippen LogP contribution in [-0.4, -0.2) is 13.2 Å². The van der Waals surface area contributed by atoms with Crippen molar-refractivity contribution >= 4 is 0 Å². The zero-order chi connectivity index (χ0) is 13.5. The van der Waals surface area contributed by atoms with Crippen LogP contribution in [0.3, 0.4) is 0 Å². The highest BCUT2D eigenvalue weighted by Gasteiger charge is 2.03. The van der Waals surface area contributed by atoms with Crippen molar-refractivity contribution in [3.05, 3.63) is 65.7 Å². The van der Waals surface area contributed by atoms with Crippen molar-refractivity contribution in [2.45, 2.75) is 25.9 Å². The molecule has 0 amide bonds. The fourth-order valence-electron chi connectivity index (χ4n) is 2.08. The molecule has 0 aliphatic rings. The topological polar surface area (TPSA) is 21.3 Å². The normalized spacial score (nSPS) is 12.1. The molecule has 2 nitrogen and oxygen atoms in total. The molecule has 0 aliphatic carbocycles. The SMILES string of the molecule is COc1ccc(CN[C@H](C)Cc2ccccc2)cc1. The molecule has 0 unspecified atom stereocenters. The number of hydrogen-bond acceptors (Lipinski definition) is 2. The standard InChI is InChI=1S/C17H21NO/c1-14(12-15-6-4-3-5-7-15)18-13-16-8-10-17(19-2)11-9-16/h3-11,14,18H,12-13H2,1-2H3/t14-/m1/s1. The fourth-order valence-corrected chi connectivity index (χ4v) is 2.08. The molecule has 2 aromatic rings. The van der Waals surface area contributed by atoms with Crippen LogP contribution in [0.2, 0.25) is 0 Å². The third-order valence-corrected chi connectivity index (χ3v) is 3.20. The lowest BCUT2D eigenvalue weighted by atomic mass is 10.1. The van der Waals surface area contributed by atoms with Gasteiger partial charge in [-0.2, -0.15) is 0 Å². The van der Waals surface area contributed by atoms with Gasteiger partial charge in [0, 0.05) is 12.6 Å². The predicted octanol–water partition coefficient (Wildman–Crippen LogP) is 3.42. The van der Waals surface area contributed by atoms with Gasteiger partial charge in [-0.15, -0.1) is 0 Å². The average molecular weight is 255 g/mol. The Morgan fingerprint density at radius 1 is 0.947 bits per heavy atom. The maximum atomic E-state index is 5.15. The molecule has 0 heterocycles. The summed E-state index contributed by atoms with van der Waals surface area (Å²) in [4.78, 5) is 0. The second-order valence-corrected chi connectivity index (χ2v) is 4.82. The van der Waals surface area contributed by atoms with Crippen LogP contribution in [0.25, 0.3) is 0 Å². The zero-order valence-electron chi connectivity index (χ0n) is 11.6. The third kappa shape index (κ3) is 4.42. The predicted molar refractivity (Wildman–Crippen MR) is 79.4 cm³/mol.